The van der Waals surface area contributed by atoms with Crippen molar-refractivity contribution in [3.8, 4) is 0 Å². The number of aliphatic hydroxyl groups is 1. The molecule has 3 atom stereocenters. The van der Waals surface area contributed by atoms with Crippen LogP contribution in [0.2, 0.25) is 0 Å². The van der Waals surface area contributed by atoms with Crippen LogP contribution in [0.4, 0.5) is 4.39 Å². The zero-order valence-electron chi connectivity index (χ0n) is 8.60. The van der Waals surface area contributed by atoms with Crippen molar-refractivity contribution in [3.05, 3.63) is 32.9 Å². The predicted molar refractivity (Wildman–Crippen MR) is 64.7 cm³/mol. The first-order valence-electron chi connectivity index (χ1n) is 4.94. The molecule has 0 unspecified atom stereocenters. The van der Waals surface area contributed by atoms with Crippen molar-refractivity contribution >= 4 is 22.6 Å². The number of aromatic nitrogens is 2. The molecular weight excluding hydrogens is 346 g/mol. The van der Waals surface area contributed by atoms with Gasteiger partial charge in [-0.1, -0.05) is 22.6 Å². The summed E-state index contributed by atoms with van der Waals surface area (Å²) in [6.07, 6.45) is 0.252. The Morgan fingerprint density at radius 1 is 1.65 bits per heavy atom. The highest BCUT2D eigenvalue weighted by Gasteiger charge is 2.34. The van der Waals surface area contributed by atoms with Gasteiger partial charge >= 0.3 is 5.69 Å². The summed E-state index contributed by atoms with van der Waals surface area (Å²) in [5.41, 5.74) is -1.77. The smallest absolute Gasteiger partial charge is 0.330 e. The van der Waals surface area contributed by atoms with Gasteiger partial charge in [0.2, 0.25) is 5.82 Å². The number of hydrogen-bond acceptors (Lipinski definition) is 4. The number of aliphatic hydroxyl groups excluding tert-OH is 1. The van der Waals surface area contributed by atoms with Crippen LogP contribution in [0.5, 0.6) is 0 Å². The summed E-state index contributed by atoms with van der Waals surface area (Å²) in [5, 5.41) is 9.02. The molecule has 17 heavy (non-hydrogen) atoms. The van der Waals surface area contributed by atoms with E-state index in [0.717, 1.165) is 10.8 Å². The molecule has 0 amide bonds. The van der Waals surface area contributed by atoms with Crippen molar-refractivity contribution in [1.82, 2.24) is 9.55 Å². The van der Waals surface area contributed by atoms with E-state index in [4.69, 9.17) is 9.84 Å². The van der Waals surface area contributed by atoms with E-state index in [1.54, 1.807) is 0 Å². The molecule has 1 aliphatic rings. The number of nitrogens with one attached hydrogen (secondary N) is 1. The summed E-state index contributed by atoms with van der Waals surface area (Å²) >= 11 is 2.10. The Morgan fingerprint density at radius 3 is 2.94 bits per heavy atom. The fourth-order valence-electron chi connectivity index (χ4n) is 1.70. The van der Waals surface area contributed by atoms with E-state index < -0.39 is 23.3 Å². The van der Waals surface area contributed by atoms with Gasteiger partial charge in [-0.3, -0.25) is 14.3 Å². The Labute approximate surface area is 109 Å². The van der Waals surface area contributed by atoms with Crippen molar-refractivity contribution < 1.29 is 14.2 Å². The Morgan fingerprint density at radius 2 is 2.35 bits per heavy atom. The summed E-state index contributed by atoms with van der Waals surface area (Å²) < 4.78 is 19.5. The van der Waals surface area contributed by atoms with Gasteiger partial charge in [0.1, 0.15) is 6.23 Å². The number of halogens is 2. The van der Waals surface area contributed by atoms with Crippen molar-refractivity contribution in [2.75, 3.05) is 6.61 Å². The molecule has 1 saturated heterocycles. The van der Waals surface area contributed by atoms with E-state index in [-0.39, 0.29) is 16.6 Å². The maximum atomic E-state index is 13.1. The van der Waals surface area contributed by atoms with Crippen LogP contribution in [0.1, 0.15) is 12.6 Å². The summed E-state index contributed by atoms with van der Waals surface area (Å²) in [6.45, 7) is -0.162. The summed E-state index contributed by atoms with van der Waals surface area (Å²) in [7, 11) is 0. The minimum Gasteiger partial charge on any atom is -0.394 e. The first kappa shape index (κ1) is 12.7. The molecule has 1 aromatic heterocycles. The number of aromatic amines is 1. The first-order valence-corrected chi connectivity index (χ1v) is 6.19. The third-order valence-electron chi connectivity index (χ3n) is 2.58. The lowest BCUT2D eigenvalue weighted by Crippen LogP contribution is -2.34. The van der Waals surface area contributed by atoms with Crippen molar-refractivity contribution in [2.45, 2.75) is 22.7 Å². The maximum absolute atomic E-state index is 13.1. The Bertz CT molecular complexity index is 528. The molecule has 0 bridgehead atoms. The Kier molecular flexibility index (Phi) is 3.64. The van der Waals surface area contributed by atoms with Gasteiger partial charge < -0.3 is 9.84 Å². The van der Waals surface area contributed by atoms with Crippen LogP contribution in [-0.2, 0) is 4.74 Å². The molecule has 0 spiro atoms. The average molecular weight is 356 g/mol. The molecule has 1 fully saturated rings. The highest BCUT2D eigenvalue weighted by Crippen LogP contribution is 2.32. The third kappa shape index (κ3) is 2.43. The van der Waals surface area contributed by atoms with Gasteiger partial charge in [0, 0.05) is 10.3 Å². The molecule has 0 saturated carbocycles. The van der Waals surface area contributed by atoms with Gasteiger partial charge in [0.05, 0.1) is 18.9 Å². The van der Waals surface area contributed by atoms with E-state index in [9.17, 15) is 14.0 Å². The van der Waals surface area contributed by atoms with Crippen LogP contribution in [-0.4, -0.2) is 31.3 Å². The predicted octanol–water partition coefficient (Wildman–Crippen LogP) is -0.241. The summed E-state index contributed by atoms with van der Waals surface area (Å²) in [5.74, 6) is -1.04. The summed E-state index contributed by atoms with van der Waals surface area (Å²) in [6, 6.07) is 0. The van der Waals surface area contributed by atoms with Crippen LogP contribution in [0, 0.1) is 5.82 Å². The summed E-state index contributed by atoms with van der Waals surface area (Å²) in [4.78, 5) is 24.2. The van der Waals surface area contributed by atoms with Crippen molar-refractivity contribution in [3.63, 3.8) is 0 Å². The molecule has 2 heterocycles. The Hall–Kier alpha value is -0.740. The van der Waals surface area contributed by atoms with Gasteiger partial charge in [-0.15, -0.1) is 0 Å². The molecular formula is C9H10FIN2O4. The lowest BCUT2D eigenvalue weighted by molar-refractivity contribution is -0.0236. The van der Waals surface area contributed by atoms with Crippen LogP contribution < -0.4 is 11.2 Å². The number of H-pyrrole nitrogens is 1. The zero-order valence-corrected chi connectivity index (χ0v) is 10.8. The van der Waals surface area contributed by atoms with Crippen molar-refractivity contribution in [2.24, 2.45) is 0 Å². The second-order valence-corrected chi connectivity index (χ2v) is 5.31. The molecule has 0 aromatic carbocycles. The SMILES string of the molecule is O=c1[nH]c(=O)n([C@H]2C[C@@H](I)[C@@H](CO)O2)cc1F. The topological polar surface area (TPSA) is 84.3 Å². The fourth-order valence-corrected chi connectivity index (χ4v) is 2.53. The van der Waals surface area contributed by atoms with Crippen LogP contribution in [0.15, 0.2) is 15.8 Å². The standard InChI is InChI=1S/C9H10FIN2O4/c10-4-2-13(9(16)12-8(4)15)7-1-5(11)6(3-14)17-7/h2,5-7,14H,1,3H2,(H,12,15,16)/t5-,6-,7-/m1/s1. The number of alkyl halides is 1. The number of rotatable bonds is 2. The molecule has 94 valence electrons. The van der Waals surface area contributed by atoms with E-state index >= 15 is 0 Å². The van der Waals surface area contributed by atoms with E-state index in [1.807, 2.05) is 4.98 Å². The van der Waals surface area contributed by atoms with E-state index in [0.29, 0.717) is 6.42 Å². The van der Waals surface area contributed by atoms with Gasteiger partial charge in [-0.2, -0.15) is 4.39 Å². The van der Waals surface area contributed by atoms with E-state index in [2.05, 4.69) is 22.6 Å². The largest absolute Gasteiger partial charge is 0.394 e. The zero-order chi connectivity index (χ0) is 12.6. The van der Waals surface area contributed by atoms with Gasteiger partial charge in [0.25, 0.3) is 5.56 Å². The molecule has 0 radical (unpaired) electrons. The molecule has 0 aliphatic carbocycles. The first-order chi connectivity index (χ1) is 8.02. The number of ether oxygens (including phenoxy) is 1. The maximum Gasteiger partial charge on any atom is 0.330 e. The Balaban J connectivity index is 2.34. The lowest BCUT2D eigenvalue weighted by Gasteiger charge is -2.14. The van der Waals surface area contributed by atoms with Crippen molar-refractivity contribution in [1.29, 1.82) is 0 Å². The van der Waals surface area contributed by atoms with E-state index in [1.165, 1.54) is 0 Å². The van der Waals surface area contributed by atoms with Crippen LogP contribution in [0.3, 0.4) is 0 Å². The molecule has 1 aliphatic heterocycles. The molecule has 2 rings (SSSR count). The average Bonchev–Trinajstić information content (AvgIpc) is 2.65. The third-order valence-corrected chi connectivity index (χ3v) is 3.89. The van der Waals surface area contributed by atoms with Crippen LogP contribution >= 0.6 is 22.6 Å². The van der Waals surface area contributed by atoms with Gasteiger partial charge in [-0.25, -0.2) is 4.79 Å². The molecule has 1 aromatic rings. The fraction of sp³-hybridized carbons (Fsp3) is 0.556. The second kappa shape index (κ2) is 4.86. The monoisotopic (exact) mass is 356 g/mol. The lowest BCUT2D eigenvalue weighted by atomic mass is 10.2. The highest BCUT2D eigenvalue weighted by atomic mass is 127. The molecule has 8 heteroatoms. The second-order valence-electron chi connectivity index (χ2n) is 3.71. The minimum atomic E-state index is -1.05. The van der Waals surface area contributed by atoms with Crippen LogP contribution in [0.25, 0.3) is 0 Å². The molecule has 2 N–H and O–H groups in total. The van der Waals surface area contributed by atoms with Gasteiger partial charge in [-0.05, 0) is 0 Å². The number of hydrogen-bond donors (Lipinski definition) is 2. The highest BCUT2D eigenvalue weighted by molar-refractivity contribution is 14.1. The normalized spacial score (nSPS) is 28.5. The quantitative estimate of drug-likeness (QED) is 0.566. The molecule has 6 nitrogen and oxygen atoms in total. The van der Waals surface area contributed by atoms with Gasteiger partial charge in [0.15, 0.2) is 0 Å². The minimum absolute atomic E-state index is 0.0319. The number of nitrogens with zero attached hydrogens (tertiary/aromatic N) is 1.